The second kappa shape index (κ2) is 11.2. The smallest absolute Gasteiger partial charge is 0.192 e. The molecule has 1 unspecified atom stereocenters. The Morgan fingerprint density at radius 3 is 2.10 bits per heavy atom. The van der Waals surface area contributed by atoms with Crippen LogP contribution in [0.1, 0.15) is 50.5 Å². The van der Waals surface area contributed by atoms with Gasteiger partial charge in [0.1, 0.15) is 6.10 Å². The topological polar surface area (TPSA) is 21.7 Å². The molecule has 0 N–H and O–H groups in total. The summed E-state index contributed by atoms with van der Waals surface area (Å²) in [6.45, 7) is 20.2. The van der Waals surface area contributed by atoms with E-state index < -0.39 is 8.32 Å². The number of aryl methyl sites for hydroxylation is 1. The molecular formula is C26H41NO2Si. The van der Waals surface area contributed by atoms with Gasteiger partial charge in [0.2, 0.25) is 0 Å². The van der Waals surface area contributed by atoms with Crippen LogP contribution in [0, 0.1) is 6.92 Å². The van der Waals surface area contributed by atoms with Gasteiger partial charge in [-0.05, 0) is 48.3 Å². The lowest BCUT2D eigenvalue weighted by molar-refractivity contribution is 0.0572. The fraction of sp³-hybridized carbons (Fsp3) is 0.538. The second-order valence-electron chi connectivity index (χ2n) is 9.56. The molecule has 0 aliphatic rings. The van der Waals surface area contributed by atoms with Crippen molar-refractivity contribution >= 4 is 8.32 Å². The van der Waals surface area contributed by atoms with Crippen molar-refractivity contribution in [2.75, 3.05) is 32.8 Å². The van der Waals surface area contributed by atoms with Gasteiger partial charge >= 0.3 is 0 Å². The molecule has 1 atom stereocenters. The Labute approximate surface area is 185 Å². The van der Waals surface area contributed by atoms with Crippen LogP contribution < -0.4 is 0 Å². The average molecular weight is 428 g/mol. The molecule has 2 rings (SSSR count). The zero-order valence-electron chi connectivity index (χ0n) is 20.1. The maximum atomic E-state index is 6.46. The van der Waals surface area contributed by atoms with Crippen LogP contribution in [0.4, 0.5) is 0 Å². The van der Waals surface area contributed by atoms with Crippen LogP contribution >= 0.6 is 0 Å². The first-order valence-corrected chi connectivity index (χ1v) is 14.1. The number of benzene rings is 2. The minimum Gasteiger partial charge on any atom is -0.416 e. The van der Waals surface area contributed by atoms with Gasteiger partial charge in [-0.3, -0.25) is 4.90 Å². The third-order valence-electron chi connectivity index (χ3n) is 6.39. The predicted molar refractivity (Wildman–Crippen MR) is 131 cm³/mol. The molecule has 3 nitrogen and oxygen atoms in total. The molecule has 30 heavy (non-hydrogen) atoms. The zero-order chi connectivity index (χ0) is 22.2. The van der Waals surface area contributed by atoms with Crippen molar-refractivity contribution in [3.63, 3.8) is 0 Å². The van der Waals surface area contributed by atoms with Crippen molar-refractivity contribution in [2.24, 2.45) is 0 Å². The van der Waals surface area contributed by atoms with Gasteiger partial charge < -0.3 is 9.16 Å². The number of likely N-dealkylation sites (N-methyl/N-ethyl adjacent to an activating group) is 1. The molecule has 0 amide bonds. The van der Waals surface area contributed by atoms with Crippen LogP contribution in [0.25, 0.3) is 0 Å². The molecule has 0 aliphatic carbocycles. The van der Waals surface area contributed by atoms with E-state index in [1.165, 1.54) is 16.7 Å². The molecule has 0 aromatic heterocycles. The number of hydrogen-bond acceptors (Lipinski definition) is 3. The molecule has 4 heteroatoms. The van der Waals surface area contributed by atoms with Crippen LogP contribution in [-0.4, -0.2) is 46.1 Å². The summed E-state index contributed by atoms with van der Waals surface area (Å²) < 4.78 is 12.8. The van der Waals surface area contributed by atoms with E-state index >= 15 is 0 Å². The summed E-state index contributed by atoms with van der Waals surface area (Å²) >= 11 is 0. The molecular weight excluding hydrogens is 386 g/mol. The highest BCUT2D eigenvalue weighted by Gasteiger charge is 2.36. The Kier molecular flexibility index (Phi) is 9.29. The van der Waals surface area contributed by atoms with Crippen molar-refractivity contribution in [1.29, 1.82) is 0 Å². The van der Waals surface area contributed by atoms with E-state index in [1.807, 2.05) is 0 Å². The number of ether oxygens (including phenoxy) is 1. The second-order valence-corrected chi connectivity index (χ2v) is 14.4. The Hall–Kier alpha value is -1.46. The van der Waals surface area contributed by atoms with Crippen LogP contribution in [-0.2, 0) is 9.16 Å². The summed E-state index contributed by atoms with van der Waals surface area (Å²) in [6, 6.07) is 19.0. The third-order valence-corrected chi connectivity index (χ3v) is 10.9. The monoisotopic (exact) mass is 427 g/mol. The van der Waals surface area contributed by atoms with Crippen LogP contribution in [0.2, 0.25) is 18.1 Å². The van der Waals surface area contributed by atoms with Crippen molar-refractivity contribution in [3.8, 4) is 0 Å². The molecule has 2 aromatic rings. The van der Waals surface area contributed by atoms with Gasteiger partial charge in [0.05, 0.1) is 6.61 Å². The SMILES string of the molecule is CCN(CCOC(c1ccccc1)c1ccccc1C)CCO[Si](C)(C)C(C)(C)C. The van der Waals surface area contributed by atoms with E-state index in [0.717, 1.165) is 26.2 Å². The first-order chi connectivity index (χ1) is 14.2. The summed E-state index contributed by atoms with van der Waals surface area (Å²) in [4.78, 5) is 2.42. The fourth-order valence-corrected chi connectivity index (χ4v) is 4.28. The summed E-state index contributed by atoms with van der Waals surface area (Å²) in [5.41, 5.74) is 3.71. The molecule has 0 bridgehead atoms. The van der Waals surface area contributed by atoms with Gasteiger partial charge in [-0.2, -0.15) is 0 Å². The predicted octanol–water partition coefficient (Wildman–Crippen LogP) is 6.44. The molecule has 0 radical (unpaired) electrons. The highest BCUT2D eigenvalue weighted by atomic mass is 28.4. The maximum absolute atomic E-state index is 6.46. The Morgan fingerprint density at radius 1 is 0.900 bits per heavy atom. The highest BCUT2D eigenvalue weighted by molar-refractivity contribution is 6.74. The molecule has 2 aromatic carbocycles. The van der Waals surface area contributed by atoms with E-state index in [2.05, 4.69) is 107 Å². The standard InChI is InChI=1S/C26H41NO2Si/c1-8-27(19-21-29-30(6,7)26(3,4)5)18-20-28-25(23-15-10-9-11-16-23)24-17-13-12-14-22(24)2/h9-17,25H,8,18-21H2,1-7H3. The van der Waals surface area contributed by atoms with Gasteiger partial charge in [-0.25, -0.2) is 0 Å². The number of hydrogen-bond donors (Lipinski definition) is 0. The van der Waals surface area contributed by atoms with Gasteiger partial charge in [0, 0.05) is 19.7 Å². The van der Waals surface area contributed by atoms with Gasteiger partial charge in [0.15, 0.2) is 8.32 Å². The maximum Gasteiger partial charge on any atom is 0.192 e. The Morgan fingerprint density at radius 2 is 1.50 bits per heavy atom. The van der Waals surface area contributed by atoms with E-state index in [9.17, 15) is 0 Å². The van der Waals surface area contributed by atoms with E-state index in [-0.39, 0.29) is 11.1 Å². The summed E-state index contributed by atoms with van der Waals surface area (Å²) in [7, 11) is -1.69. The molecule has 0 saturated heterocycles. The Bertz CT molecular complexity index is 755. The first kappa shape index (κ1) is 24.8. The lowest BCUT2D eigenvalue weighted by Gasteiger charge is -2.36. The molecule has 0 fully saturated rings. The van der Waals surface area contributed by atoms with Gasteiger partial charge in [-0.15, -0.1) is 0 Å². The Balaban J connectivity index is 1.94. The largest absolute Gasteiger partial charge is 0.416 e. The minimum atomic E-state index is -1.69. The van der Waals surface area contributed by atoms with E-state index in [4.69, 9.17) is 9.16 Å². The van der Waals surface area contributed by atoms with Crippen LogP contribution in [0.3, 0.4) is 0 Å². The van der Waals surface area contributed by atoms with Crippen molar-refractivity contribution in [1.82, 2.24) is 4.90 Å². The van der Waals surface area contributed by atoms with E-state index in [1.54, 1.807) is 0 Å². The van der Waals surface area contributed by atoms with E-state index in [0.29, 0.717) is 6.61 Å². The highest BCUT2D eigenvalue weighted by Crippen LogP contribution is 2.36. The molecule has 0 spiro atoms. The lowest BCUT2D eigenvalue weighted by atomic mass is 9.97. The molecule has 166 valence electrons. The number of nitrogens with zero attached hydrogens (tertiary/aromatic N) is 1. The van der Waals surface area contributed by atoms with Crippen molar-refractivity contribution in [3.05, 3.63) is 71.3 Å². The molecule has 0 aliphatic heterocycles. The average Bonchev–Trinajstić information content (AvgIpc) is 2.70. The minimum absolute atomic E-state index is 0.0328. The summed E-state index contributed by atoms with van der Waals surface area (Å²) in [5.74, 6) is 0. The van der Waals surface area contributed by atoms with Crippen LogP contribution in [0.15, 0.2) is 54.6 Å². The lowest BCUT2D eigenvalue weighted by Crippen LogP contribution is -2.43. The van der Waals surface area contributed by atoms with Gasteiger partial charge in [-0.1, -0.05) is 82.3 Å². The van der Waals surface area contributed by atoms with Gasteiger partial charge in [0.25, 0.3) is 0 Å². The zero-order valence-corrected chi connectivity index (χ0v) is 21.1. The molecule has 0 saturated carbocycles. The normalized spacial score (nSPS) is 13.6. The number of rotatable bonds is 11. The molecule has 0 heterocycles. The third kappa shape index (κ3) is 7.05. The van der Waals surface area contributed by atoms with Crippen molar-refractivity contribution < 1.29 is 9.16 Å². The van der Waals surface area contributed by atoms with Crippen LogP contribution in [0.5, 0.6) is 0 Å². The summed E-state index contributed by atoms with van der Waals surface area (Å²) in [5, 5.41) is 0.254. The quantitative estimate of drug-likeness (QED) is 0.385. The summed E-state index contributed by atoms with van der Waals surface area (Å²) in [6.07, 6.45) is -0.0328. The first-order valence-electron chi connectivity index (χ1n) is 11.2. The van der Waals surface area contributed by atoms with Crippen molar-refractivity contribution in [2.45, 2.75) is 58.9 Å². The fourth-order valence-electron chi connectivity index (χ4n) is 3.25.